The molecule has 2 rings (SSSR count). The summed E-state index contributed by atoms with van der Waals surface area (Å²) in [5.74, 6) is 1.56. The van der Waals surface area contributed by atoms with Gasteiger partial charge in [0.25, 0.3) is 0 Å². The summed E-state index contributed by atoms with van der Waals surface area (Å²) in [6.45, 7) is 0. The predicted octanol–water partition coefficient (Wildman–Crippen LogP) is 2.70. The Bertz CT molecular complexity index is 540. The normalized spacial score (nSPS) is 10.3. The zero-order valence-corrected chi connectivity index (χ0v) is 10.9. The number of anilines is 1. The van der Waals surface area contributed by atoms with Crippen molar-refractivity contribution in [1.82, 2.24) is 5.16 Å². The van der Waals surface area contributed by atoms with E-state index >= 15 is 0 Å². The van der Waals surface area contributed by atoms with Crippen LogP contribution in [-0.4, -0.2) is 19.4 Å². The van der Waals surface area contributed by atoms with Gasteiger partial charge in [-0.2, -0.15) is 0 Å². The first kappa shape index (κ1) is 11.8. The van der Waals surface area contributed by atoms with Crippen LogP contribution in [0.1, 0.15) is 0 Å². The van der Waals surface area contributed by atoms with Crippen molar-refractivity contribution in [2.75, 3.05) is 20.0 Å². The maximum absolute atomic E-state index is 5.50. The molecule has 0 fully saturated rings. The van der Waals surface area contributed by atoms with Gasteiger partial charge >= 0.3 is 0 Å². The molecule has 0 saturated carbocycles. The molecule has 2 N–H and O–H groups in total. The molecule has 0 radical (unpaired) electrons. The molecule has 0 spiro atoms. The molecule has 0 aliphatic heterocycles. The van der Waals surface area contributed by atoms with Crippen LogP contribution >= 0.6 is 15.9 Å². The van der Waals surface area contributed by atoms with Crippen LogP contribution in [0.15, 0.2) is 27.2 Å². The zero-order valence-electron chi connectivity index (χ0n) is 9.36. The molecule has 5 nitrogen and oxygen atoms in total. The molecule has 90 valence electrons. The summed E-state index contributed by atoms with van der Waals surface area (Å²) >= 11 is 3.42. The third kappa shape index (κ3) is 2.08. The molecule has 0 bridgehead atoms. The lowest BCUT2D eigenvalue weighted by Crippen LogP contribution is -1.93. The van der Waals surface area contributed by atoms with Crippen LogP contribution in [0.2, 0.25) is 0 Å². The molecule has 0 aliphatic rings. The van der Waals surface area contributed by atoms with Crippen LogP contribution in [0.3, 0.4) is 0 Å². The summed E-state index contributed by atoms with van der Waals surface area (Å²) in [6.07, 6.45) is 0. The predicted molar refractivity (Wildman–Crippen MR) is 67.2 cm³/mol. The molecule has 1 heterocycles. The fraction of sp³-hybridized carbons (Fsp3) is 0.182. The Morgan fingerprint density at radius 2 is 2.06 bits per heavy atom. The Kier molecular flexibility index (Phi) is 3.23. The summed E-state index contributed by atoms with van der Waals surface area (Å²) in [4.78, 5) is 0. The molecule has 0 atom stereocenters. The van der Waals surface area contributed by atoms with Crippen molar-refractivity contribution in [3.63, 3.8) is 0 Å². The van der Waals surface area contributed by atoms with Crippen molar-refractivity contribution in [2.24, 2.45) is 0 Å². The molecule has 17 heavy (non-hydrogen) atoms. The van der Waals surface area contributed by atoms with Gasteiger partial charge < -0.3 is 19.7 Å². The highest BCUT2D eigenvalue weighted by atomic mass is 79.9. The molecule has 0 aliphatic carbocycles. The highest BCUT2D eigenvalue weighted by Crippen LogP contribution is 2.41. The van der Waals surface area contributed by atoms with Gasteiger partial charge in [-0.3, -0.25) is 0 Å². The van der Waals surface area contributed by atoms with Crippen LogP contribution < -0.4 is 15.2 Å². The highest BCUT2D eigenvalue weighted by Gasteiger charge is 2.16. The minimum absolute atomic E-state index is 0.258. The van der Waals surface area contributed by atoms with E-state index in [4.69, 9.17) is 19.7 Å². The number of halogens is 1. The third-order valence-electron chi connectivity index (χ3n) is 2.29. The number of hydrogen-bond donors (Lipinski definition) is 1. The molecule has 0 amide bonds. The van der Waals surface area contributed by atoms with Crippen molar-refractivity contribution < 1.29 is 14.0 Å². The van der Waals surface area contributed by atoms with E-state index in [0.717, 1.165) is 10.0 Å². The topological polar surface area (TPSA) is 70.5 Å². The maximum Gasteiger partial charge on any atom is 0.222 e. The van der Waals surface area contributed by atoms with Crippen molar-refractivity contribution >= 4 is 21.8 Å². The number of benzene rings is 1. The molecular weight excluding hydrogens is 288 g/mol. The van der Waals surface area contributed by atoms with Gasteiger partial charge in [0.2, 0.25) is 5.88 Å². The Morgan fingerprint density at radius 3 is 2.59 bits per heavy atom. The second kappa shape index (κ2) is 4.67. The molecule has 6 heteroatoms. The van der Waals surface area contributed by atoms with Gasteiger partial charge in [0, 0.05) is 11.6 Å². The van der Waals surface area contributed by atoms with E-state index in [1.807, 2.05) is 12.1 Å². The first-order valence-corrected chi connectivity index (χ1v) is 5.59. The minimum atomic E-state index is 0.258. The Balaban J connectivity index is 2.58. The maximum atomic E-state index is 5.50. The number of nitrogens with zero attached hydrogens (tertiary/aromatic N) is 1. The van der Waals surface area contributed by atoms with Gasteiger partial charge in [-0.05, 0) is 28.1 Å². The number of hydrogen-bond acceptors (Lipinski definition) is 5. The van der Waals surface area contributed by atoms with Crippen LogP contribution in [0.4, 0.5) is 5.88 Å². The van der Waals surface area contributed by atoms with E-state index < -0.39 is 0 Å². The SMILES string of the molecule is COc1ccc(-c2cc(N)on2)c(OC)c1Br. The summed E-state index contributed by atoms with van der Waals surface area (Å²) in [5.41, 5.74) is 6.89. The summed E-state index contributed by atoms with van der Waals surface area (Å²) in [7, 11) is 3.17. The van der Waals surface area contributed by atoms with Gasteiger partial charge in [-0.1, -0.05) is 5.16 Å². The lowest BCUT2D eigenvalue weighted by molar-refractivity contribution is 0.390. The number of rotatable bonds is 3. The van der Waals surface area contributed by atoms with Gasteiger partial charge in [0.05, 0.1) is 14.2 Å². The average Bonchev–Trinajstić information content (AvgIpc) is 2.75. The van der Waals surface area contributed by atoms with Crippen LogP contribution in [0, 0.1) is 0 Å². The van der Waals surface area contributed by atoms with E-state index in [-0.39, 0.29) is 5.88 Å². The second-order valence-electron chi connectivity index (χ2n) is 3.28. The fourth-order valence-electron chi connectivity index (χ4n) is 1.51. The highest BCUT2D eigenvalue weighted by molar-refractivity contribution is 9.10. The largest absolute Gasteiger partial charge is 0.495 e. The van der Waals surface area contributed by atoms with Crippen molar-refractivity contribution in [1.29, 1.82) is 0 Å². The average molecular weight is 299 g/mol. The number of nitrogen functional groups attached to an aromatic ring is 1. The lowest BCUT2D eigenvalue weighted by Gasteiger charge is -2.11. The van der Waals surface area contributed by atoms with Crippen molar-refractivity contribution in [2.45, 2.75) is 0 Å². The van der Waals surface area contributed by atoms with Gasteiger partial charge in [-0.15, -0.1) is 0 Å². The molecule has 1 aromatic heterocycles. The third-order valence-corrected chi connectivity index (χ3v) is 3.04. The quantitative estimate of drug-likeness (QED) is 0.943. The first-order valence-electron chi connectivity index (χ1n) is 4.80. The summed E-state index contributed by atoms with van der Waals surface area (Å²) in [5, 5.41) is 3.85. The molecule has 0 unspecified atom stereocenters. The number of methoxy groups -OCH3 is 2. The standard InChI is InChI=1S/C11H11BrN2O3/c1-15-8-4-3-6(11(16-2)10(8)12)7-5-9(13)17-14-7/h3-5H,13H2,1-2H3. The zero-order chi connectivity index (χ0) is 12.4. The smallest absolute Gasteiger partial charge is 0.222 e. The lowest BCUT2D eigenvalue weighted by atomic mass is 10.1. The van der Waals surface area contributed by atoms with Crippen molar-refractivity contribution in [3.05, 3.63) is 22.7 Å². The number of aromatic nitrogens is 1. The van der Waals surface area contributed by atoms with Gasteiger partial charge in [-0.25, -0.2) is 0 Å². The van der Waals surface area contributed by atoms with Crippen LogP contribution in [-0.2, 0) is 0 Å². The Hall–Kier alpha value is -1.69. The van der Waals surface area contributed by atoms with E-state index in [9.17, 15) is 0 Å². The number of ether oxygens (including phenoxy) is 2. The van der Waals surface area contributed by atoms with E-state index in [1.54, 1.807) is 20.3 Å². The van der Waals surface area contributed by atoms with Crippen LogP contribution in [0.25, 0.3) is 11.3 Å². The summed E-state index contributed by atoms with van der Waals surface area (Å²) in [6, 6.07) is 5.28. The van der Waals surface area contributed by atoms with E-state index in [1.165, 1.54) is 0 Å². The Morgan fingerprint density at radius 1 is 1.29 bits per heavy atom. The molecule has 1 aromatic carbocycles. The fourth-order valence-corrected chi connectivity index (χ4v) is 2.18. The Labute approximate surface area is 107 Å². The summed E-state index contributed by atoms with van der Waals surface area (Å²) < 4.78 is 16.1. The first-order chi connectivity index (χ1) is 8.17. The van der Waals surface area contributed by atoms with Gasteiger partial charge in [0.1, 0.15) is 21.7 Å². The van der Waals surface area contributed by atoms with E-state index in [0.29, 0.717) is 17.2 Å². The van der Waals surface area contributed by atoms with Gasteiger partial charge in [0.15, 0.2) is 0 Å². The molecule has 2 aromatic rings. The minimum Gasteiger partial charge on any atom is -0.495 e. The second-order valence-corrected chi connectivity index (χ2v) is 4.07. The van der Waals surface area contributed by atoms with E-state index in [2.05, 4.69) is 21.1 Å². The van der Waals surface area contributed by atoms with Crippen LogP contribution in [0.5, 0.6) is 11.5 Å². The van der Waals surface area contributed by atoms with Crippen molar-refractivity contribution in [3.8, 4) is 22.8 Å². The molecular formula is C11H11BrN2O3. The monoisotopic (exact) mass is 298 g/mol. The molecule has 0 saturated heterocycles. The number of nitrogens with two attached hydrogens (primary N) is 1.